The molecule has 70 valence electrons. The van der Waals surface area contributed by atoms with Crippen LogP contribution in [0, 0.1) is 5.92 Å². The molecule has 2 rings (SSSR count). The molecule has 0 aliphatic heterocycles. The first-order chi connectivity index (χ1) is 6.27. The number of carbonyl (C=O) groups is 1. The van der Waals surface area contributed by atoms with Crippen molar-refractivity contribution in [2.24, 2.45) is 5.92 Å². The lowest BCUT2D eigenvalue weighted by Gasteiger charge is -2.24. The highest BCUT2D eigenvalue weighted by molar-refractivity contribution is 5.82. The van der Waals surface area contributed by atoms with E-state index < -0.39 is 5.97 Å². The predicted octanol–water partition coefficient (Wildman–Crippen LogP) is 0.171. The SMILES string of the molecule is O=C(O)c1nnnn1CC1CCC1. The van der Waals surface area contributed by atoms with Gasteiger partial charge in [0.25, 0.3) is 5.82 Å². The maximum atomic E-state index is 10.6. The monoisotopic (exact) mass is 182 g/mol. The predicted molar refractivity (Wildman–Crippen MR) is 42.1 cm³/mol. The van der Waals surface area contributed by atoms with Crippen LogP contribution in [0.1, 0.15) is 29.9 Å². The molecule has 13 heavy (non-hydrogen) atoms. The molecule has 1 aromatic rings. The van der Waals surface area contributed by atoms with Gasteiger partial charge < -0.3 is 5.11 Å². The van der Waals surface area contributed by atoms with E-state index in [0.717, 1.165) is 12.8 Å². The summed E-state index contributed by atoms with van der Waals surface area (Å²) in [7, 11) is 0. The summed E-state index contributed by atoms with van der Waals surface area (Å²) >= 11 is 0. The summed E-state index contributed by atoms with van der Waals surface area (Å²) in [6.45, 7) is 0.634. The van der Waals surface area contributed by atoms with Crippen molar-refractivity contribution in [3.05, 3.63) is 5.82 Å². The molecule has 1 aliphatic carbocycles. The summed E-state index contributed by atoms with van der Waals surface area (Å²) < 4.78 is 1.37. The second-order valence-electron chi connectivity index (χ2n) is 3.29. The van der Waals surface area contributed by atoms with Crippen LogP contribution in [-0.4, -0.2) is 31.3 Å². The lowest BCUT2D eigenvalue weighted by atomic mass is 9.85. The largest absolute Gasteiger partial charge is 0.475 e. The van der Waals surface area contributed by atoms with E-state index in [4.69, 9.17) is 5.11 Å². The Balaban J connectivity index is 2.09. The van der Waals surface area contributed by atoms with Crippen LogP contribution in [0.5, 0.6) is 0 Å². The van der Waals surface area contributed by atoms with Crippen LogP contribution in [0.3, 0.4) is 0 Å². The Kier molecular flexibility index (Phi) is 1.96. The summed E-state index contributed by atoms with van der Waals surface area (Å²) in [6.07, 6.45) is 3.53. The first kappa shape index (κ1) is 8.15. The minimum Gasteiger partial charge on any atom is -0.475 e. The van der Waals surface area contributed by atoms with E-state index in [1.54, 1.807) is 0 Å². The zero-order valence-electron chi connectivity index (χ0n) is 7.05. The zero-order chi connectivity index (χ0) is 9.26. The number of aromatic nitrogens is 4. The fraction of sp³-hybridized carbons (Fsp3) is 0.714. The summed E-state index contributed by atoms with van der Waals surface area (Å²) in [4.78, 5) is 10.6. The number of aromatic carboxylic acids is 1. The highest BCUT2D eigenvalue weighted by Gasteiger charge is 2.22. The molecule has 0 saturated heterocycles. The molecule has 6 nitrogen and oxygen atoms in total. The van der Waals surface area contributed by atoms with Crippen molar-refractivity contribution in [1.82, 2.24) is 20.2 Å². The normalized spacial score (nSPS) is 16.9. The van der Waals surface area contributed by atoms with Gasteiger partial charge in [0, 0.05) is 6.54 Å². The topological polar surface area (TPSA) is 80.9 Å². The van der Waals surface area contributed by atoms with Gasteiger partial charge in [0.15, 0.2) is 0 Å². The molecule has 0 unspecified atom stereocenters. The van der Waals surface area contributed by atoms with Gasteiger partial charge in [0.2, 0.25) is 0 Å². The van der Waals surface area contributed by atoms with Crippen LogP contribution in [-0.2, 0) is 6.54 Å². The summed E-state index contributed by atoms with van der Waals surface area (Å²) in [5.41, 5.74) is 0. The number of carboxylic acids is 1. The summed E-state index contributed by atoms with van der Waals surface area (Å²) in [5, 5.41) is 19.1. The average molecular weight is 182 g/mol. The molecule has 0 bridgehead atoms. The third-order valence-corrected chi connectivity index (χ3v) is 2.38. The molecule has 6 heteroatoms. The highest BCUT2D eigenvalue weighted by Crippen LogP contribution is 2.27. The summed E-state index contributed by atoms with van der Waals surface area (Å²) in [6, 6.07) is 0. The first-order valence-corrected chi connectivity index (χ1v) is 4.27. The van der Waals surface area contributed by atoms with E-state index in [2.05, 4.69) is 15.5 Å². The lowest BCUT2D eigenvalue weighted by Crippen LogP contribution is -2.21. The van der Waals surface area contributed by atoms with Crippen LogP contribution in [0.25, 0.3) is 0 Å². The number of carboxylic acid groups (broad SMARTS) is 1. The minimum absolute atomic E-state index is 0.0631. The van der Waals surface area contributed by atoms with Gasteiger partial charge in [-0.25, -0.2) is 9.48 Å². The Labute approximate surface area is 74.6 Å². The molecule has 1 aliphatic rings. The fourth-order valence-electron chi connectivity index (χ4n) is 1.40. The standard InChI is InChI=1S/C7H10N4O2/c12-7(13)6-8-9-10-11(6)4-5-2-1-3-5/h5H,1-4H2,(H,12,13). The van der Waals surface area contributed by atoms with Gasteiger partial charge in [-0.15, -0.1) is 5.10 Å². The number of tetrazole rings is 1. The Morgan fingerprint density at radius 1 is 1.62 bits per heavy atom. The van der Waals surface area contributed by atoms with Gasteiger partial charge in [-0.05, 0) is 29.2 Å². The van der Waals surface area contributed by atoms with E-state index in [9.17, 15) is 4.79 Å². The van der Waals surface area contributed by atoms with Gasteiger partial charge in [0.1, 0.15) is 0 Å². The van der Waals surface area contributed by atoms with Crippen LogP contribution < -0.4 is 0 Å². The molecule has 1 N–H and O–H groups in total. The Morgan fingerprint density at radius 2 is 2.38 bits per heavy atom. The van der Waals surface area contributed by atoms with Crippen LogP contribution >= 0.6 is 0 Å². The van der Waals surface area contributed by atoms with E-state index >= 15 is 0 Å². The Bertz CT molecular complexity index is 318. The third-order valence-electron chi connectivity index (χ3n) is 2.38. The molecule has 0 spiro atoms. The van der Waals surface area contributed by atoms with Crippen molar-refractivity contribution in [2.45, 2.75) is 25.8 Å². The quantitative estimate of drug-likeness (QED) is 0.720. The van der Waals surface area contributed by atoms with Crippen molar-refractivity contribution < 1.29 is 9.90 Å². The third kappa shape index (κ3) is 1.51. The van der Waals surface area contributed by atoms with Crippen molar-refractivity contribution in [2.75, 3.05) is 0 Å². The first-order valence-electron chi connectivity index (χ1n) is 4.27. The molecule has 1 aromatic heterocycles. The van der Waals surface area contributed by atoms with E-state index in [1.165, 1.54) is 11.1 Å². The van der Waals surface area contributed by atoms with Crippen molar-refractivity contribution in [3.63, 3.8) is 0 Å². The second kappa shape index (κ2) is 3.12. The van der Waals surface area contributed by atoms with Gasteiger partial charge in [-0.2, -0.15) is 0 Å². The number of hydrogen-bond donors (Lipinski definition) is 1. The fourth-order valence-corrected chi connectivity index (χ4v) is 1.40. The lowest BCUT2D eigenvalue weighted by molar-refractivity contribution is 0.0673. The van der Waals surface area contributed by atoms with E-state index in [0.29, 0.717) is 12.5 Å². The number of nitrogens with zero attached hydrogens (tertiary/aromatic N) is 4. The molecule has 0 amide bonds. The van der Waals surface area contributed by atoms with Gasteiger partial charge in [-0.3, -0.25) is 0 Å². The summed E-state index contributed by atoms with van der Waals surface area (Å²) in [5.74, 6) is -0.571. The molecule has 1 fully saturated rings. The Morgan fingerprint density at radius 3 is 2.92 bits per heavy atom. The van der Waals surface area contributed by atoms with Gasteiger partial charge in [-0.1, -0.05) is 6.42 Å². The van der Waals surface area contributed by atoms with Crippen molar-refractivity contribution in [1.29, 1.82) is 0 Å². The number of hydrogen-bond acceptors (Lipinski definition) is 4. The van der Waals surface area contributed by atoms with Crippen LogP contribution in [0.15, 0.2) is 0 Å². The van der Waals surface area contributed by atoms with Crippen molar-refractivity contribution in [3.8, 4) is 0 Å². The van der Waals surface area contributed by atoms with Crippen molar-refractivity contribution >= 4 is 5.97 Å². The van der Waals surface area contributed by atoms with Gasteiger partial charge in [0.05, 0.1) is 0 Å². The minimum atomic E-state index is -1.07. The van der Waals surface area contributed by atoms with E-state index in [-0.39, 0.29) is 5.82 Å². The molecule has 0 atom stereocenters. The maximum Gasteiger partial charge on any atom is 0.375 e. The van der Waals surface area contributed by atoms with Crippen LogP contribution in [0.2, 0.25) is 0 Å². The molecule has 1 heterocycles. The highest BCUT2D eigenvalue weighted by atomic mass is 16.4. The molecule has 1 saturated carbocycles. The van der Waals surface area contributed by atoms with Gasteiger partial charge >= 0.3 is 5.97 Å². The van der Waals surface area contributed by atoms with E-state index in [1.807, 2.05) is 0 Å². The average Bonchev–Trinajstić information content (AvgIpc) is 2.44. The molecule has 0 radical (unpaired) electrons. The second-order valence-corrected chi connectivity index (χ2v) is 3.29. The maximum absolute atomic E-state index is 10.6. The smallest absolute Gasteiger partial charge is 0.375 e. The number of rotatable bonds is 3. The molecule has 0 aromatic carbocycles. The zero-order valence-corrected chi connectivity index (χ0v) is 7.05. The Hall–Kier alpha value is -1.46. The molecular formula is C7H10N4O2. The molecular weight excluding hydrogens is 172 g/mol. The van der Waals surface area contributed by atoms with Crippen LogP contribution in [0.4, 0.5) is 0 Å².